The fourth-order valence-electron chi connectivity index (χ4n) is 4.03. The van der Waals surface area contributed by atoms with E-state index in [-0.39, 0.29) is 31.0 Å². The number of piperidine rings is 1. The van der Waals surface area contributed by atoms with Gasteiger partial charge in [0, 0.05) is 25.0 Å². The SMILES string of the molecule is O=C(N[C@H]1CCCN(S(=O)(=O)c2ccccc2C(F)(F)F)C1)C1CCCCC1. The summed E-state index contributed by atoms with van der Waals surface area (Å²) in [7, 11) is -4.31. The first-order chi connectivity index (χ1) is 13.2. The van der Waals surface area contributed by atoms with Crippen molar-refractivity contribution < 1.29 is 26.4 Å². The maximum atomic E-state index is 13.3. The highest BCUT2D eigenvalue weighted by molar-refractivity contribution is 7.89. The van der Waals surface area contributed by atoms with E-state index in [9.17, 15) is 26.4 Å². The number of rotatable bonds is 4. The van der Waals surface area contributed by atoms with Crippen LogP contribution in [0.1, 0.15) is 50.5 Å². The van der Waals surface area contributed by atoms with Crippen molar-refractivity contribution in [1.29, 1.82) is 0 Å². The van der Waals surface area contributed by atoms with E-state index in [2.05, 4.69) is 5.32 Å². The van der Waals surface area contributed by atoms with E-state index in [1.165, 1.54) is 12.1 Å². The molecule has 1 saturated carbocycles. The minimum Gasteiger partial charge on any atom is -0.352 e. The third-order valence-electron chi connectivity index (χ3n) is 5.52. The van der Waals surface area contributed by atoms with Crippen LogP contribution in [-0.4, -0.2) is 37.8 Å². The molecule has 1 aromatic rings. The second kappa shape index (κ2) is 8.41. The van der Waals surface area contributed by atoms with Gasteiger partial charge in [-0.05, 0) is 37.8 Å². The molecule has 1 atom stereocenters. The van der Waals surface area contributed by atoms with Gasteiger partial charge in [-0.3, -0.25) is 4.79 Å². The maximum absolute atomic E-state index is 13.3. The summed E-state index contributed by atoms with van der Waals surface area (Å²) in [5, 5.41) is 2.92. The van der Waals surface area contributed by atoms with Gasteiger partial charge in [0.25, 0.3) is 0 Å². The predicted octanol–water partition coefficient (Wildman–Crippen LogP) is 3.56. The average molecular weight is 418 g/mol. The molecule has 28 heavy (non-hydrogen) atoms. The molecule has 1 saturated heterocycles. The zero-order valence-corrected chi connectivity index (χ0v) is 16.4. The number of hydrogen-bond donors (Lipinski definition) is 1. The summed E-state index contributed by atoms with van der Waals surface area (Å²) in [6.45, 7) is 0.136. The van der Waals surface area contributed by atoms with Crippen LogP contribution in [0.4, 0.5) is 13.2 Å². The van der Waals surface area contributed by atoms with Crippen LogP contribution in [0, 0.1) is 5.92 Å². The van der Waals surface area contributed by atoms with Gasteiger partial charge in [0.15, 0.2) is 0 Å². The first-order valence-electron chi connectivity index (χ1n) is 9.66. The molecule has 1 aliphatic carbocycles. The summed E-state index contributed by atoms with van der Waals surface area (Å²) in [5.41, 5.74) is -1.16. The van der Waals surface area contributed by atoms with Crippen molar-refractivity contribution in [2.45, 2.75) is 62.1 Å². The third kappa shape index (κ3) is 4.68. The average Bonchev–Trinajstić information content (AvgIpc) is 2.68. The van der Waals surface area contributed by atoms with Crippen molar-refractivity contribution in [2.24, 2.45) is 5.92 Å². The van der Waals surface area contributed by atoms with E-state index >= 15 is 0 Å². The predicted molar refractivity (Wildman–Crippen MR) is 97.9 cm³/mol. The quantitative estimate of drug-likeness (QED) is 0.813. The molecule has 2 aliphatic rings. The topological polar surface area (TPSA) is 66.5 Å². The van der Waals surface area contributed by atoms with Gasteiger partial charge in [-0.2, -0.15) is 17.5 Å². The zero-order chi connectivity index (χ0) is 20.4. The van der Waals surface area contributed by atoms with Crippen LogP contribution in [0.25, 0.3) is 0 Å². The molecule has 5 nitrogen and oxygen atoms in total. The number of amides is 1. The Bertz CT molecular complexity index is 805. The molecule has 1 amide bonds. The molecular weight excluding hydrogens is 393 g/mol. The number of alkyl halides is 3. The van der Waals surface area contributed by atoms with Crippen molar-refractivity contribution in [3.8, 4) is 0 Å². The Kier molecular flexibility index (Phi) is 6.34. The van der Waals surface area contributed by atoms with E-state index in [0.29, 0.717) is 12.8 Å². The molecule has 1 aromatic carbocycles. The highest BCUT2D eigenvalue weighted by Gasteiger charge is 2.40. The standard InChI is InChI=1S/C19H25F3N2O3S/c20-19(21,22)16-10-4-5-11-17(16)28(26,27)24-12-6-9-15(13-24)23-18(25)14-7-2-1-3-8-14/h4-5,10-11,14-15H,1-3,6-9,12-13H2,(H,23,25)/t15-/m0/s1. The first-order valence-corrected chi connectivity index (χ1v) is 11.1. The molecule has 0 spiro atoms. The Morgan fingerprint density at radius 3 is 2.39 bits per heavy atom. The molecule has 0 radical (unpaired) electrons. The number of carbonyl (C=O) groups excluding carboxylic acids is 1. The fraction of sp³-hybridized carbons (Fsp3) is 0.632. The van der Waals surface area contributed by atoms with Gasteiger partial charge in [-0.15, -0.1) is 0 Å². The lowest BCUT2D eigenvalue weighted by molar-refractivity contribution is -0.140. The fourth-order valence-corrected chi connectivity index (χ4v) is 5.76. The second-order valence-electron chi connectivity index (χ2n) is 7.54. The molecular formula is C19H25F3N2O3S. The van der Waals surface area contributed by atoms with Crippen LogP contribution in [-0.2, 0) is 21.0 Å². The summed E-state index contributed by atoms with van der Waals surface area (Å²) in [6.07, 6.45) is 1.16. The molecule has 1 heterocycles. The van der Waals surface area contributed by atoms with Crippen LogP contribution in [0.2, 0.25) is 0 Å². The minimum atomic E-state index is -4.76. The monoisotopic (exact) mass is 418 g/mol. The highest BCUT2D eigenvalue weighted by atomic mass is 32.2. The third-order valence-corrected chi connectivity index (χ3v) is 7.44. The van der Waals surface area contributed by atoms with Crippen LogP contribution in [0.15, 0.2) is 29.2 Å². The van der Waals surface area contributed by atoms with E-state index < -0.39 is 26.7 Å². The lowest BCUT2D eigenvalue weighted by atomic mass is 9.88. The number of nitrogens with one attached hydrogen (secondary N) is 1. The van der Waals surface area contributed by atoms with Crippen LogP contribution in [0.3, 0.4) is 0 Å². The van der Waals surface area contributed by atoms with Crippen molar-refractivity contribution in [3.63, 3.8) is 0 Å². The summed E-state index contributed by atoms with van der Waals surface area (Å²) in [6, 6.07) is 3.84. The largest absolute Gasteiger partial charge is 0.417 e. The number of carbonyl (C=O) groups is 1. The molecule has 0 aromatic heterocycles. The Labute approximate surface area is 163 Å². The van der Waals surface area contributed by atoms with Crippen molar-refractivity contribution in [1.82, 2.24) is 9.62 Å². The van der Waals surface area contributed by atoms with Crippen molar-refractivity contribution in [2.75, 3.05) is 13.1 Å². The summed E-state index contributed by atoms with van der Waals surface area (Å²) in [4.78, 5) is 11.7. The van der Waals surface area contributed by atoms with Gasteiger partial charge in [0.05, 0.1) is 10.5 Å². The van der Waals surface area contributed by atoms with Gasteiger partial charge in [-0.25, -0.2) is 8.42 Å². The molecule has 9 heteroatoms. The normalized spacial score (nSPS) is 22.8. The Balaban J connectivity index is 1.74. The number of hydrogen-bond acceptors (Lipinski definition) is 3. The van der Waals surface area contributed by atoms with Crippen LogP contribution >= 0.6 is 0 Å². The van der Waals surface area contributed by atoms with Gasteiger partial charge in [0.2, 0.25) is 15.9 Å². The van der Waals surface area contributed by atoms with E-state index in [4.69, 9.17) is 0 Å². The van der Waals surface area contributed by atoms with Gasteiger partial charge < -0.3 is 5.32 Å². The maximum Gasteiger partial charge on any atom is 0.417 e. The zero-order valence-electron chi connectivity index (χ0n) is 15.5. The van der Waals surface area contributed by atoms with Crippen LogP contribution in [0.5, 0.6) is 0 Å². The highest BCUT2D eigenvalue weighted by Crippen LogP contribution is 2.35. The van der Waals surface area contributed by atoms with Crippen molar-refractivity contribution in [3.05, 3.63) is 29.8 Å². The summed E-state index contributed by atoms with van der Waals surface area (Å²) in [5.74, 6) is -0.119. The minimum absolute atomic E-state index is 0.00696. The molecule has 0 bridgehead atoms. The molecule has 2 fully saturated rings. The Morgan fingerprint density at radius 1 is 1.04 bits per heavy atom. The van der Waals surface area contributed by atoms with Gasteiger partial charge in [0.1, 0.15) is 0 Å². The number of halogens is 3. The van der Waals surface area contributed by atoms with Gasteiger partial charge in [-0.1, -0.05) is 31.4 Å². The molecule has 1 N–H and O–H groups in total. The molecule has 156 valence electrons. The molecule has 3 rings (SSSR count). The van der Waals surface area contributed by atoms with Crippen molar-refractivity contribution >= 4 is 15.9 Å². The lowest BCUT2D eigenvalue weighted by Crippen LogP contribution is -2.51. The number of nitrogens with zero attached hydrogens (tertiary/aromatic N) is 1. The smallest absolute Gasteiger partial charge is 0.352 e. The number of benzene rings is 1. The Morgan fingerprint density at radius 2 is 1.71 bits per heavy atom. The van der Waals surface area contributed by atoms with Crippen LogP contribution < -0.4 is 5.32 Å². The van der Waals surface area contributed by atoms with E-state index in [1.807, 2.05) is 0 Å². The number of sulfonamides is 1. The first kappa shape index (κ1) is 21.1. The van der Waals surface area contributed by atoms with E-state index in [0.717, 1.165) is 48.5 Å². The summed E-state index contributed by atoms with van der Waals surface area (Å²) < 4.78 is 66.6. The summed E-state index contributed by atoms with van der Waals surface area (Å²) >= 11 is 0. The second-order valence-corrected chi connectivity index (χ2v) is 9.45. The molecule has 0 unspecified atom stereocenters. The molecule has 1 aliphatic heterocycles. The lowest BCUT2D eigenvalue weighted by Gasteiger charge is -2.34. The van der Waals surface area contributed by atoms with E-state index in [1.54, 1.807) is 0 Å². The Hall–Kier alpha value is -1.61. The van der Waals surface area contributed by atoms with Gasteiger partial charge >= 0.3 is 6.18 Å².